The first-order chi connectivity index (χ1) is 24.7. The lowest BCUT2D eigenvalue weighted by molar-refractivity contribution is 0.475. The molecule has 50 heavy (non-hydrogen) atoms. The number of benzene rings is 6. The third-order valence-electron chi connectivity index (χ3n) is 10.5. The molecule has 1 aliphatic carbocycles. The largest absolute Gasteiger partial charge is 0.506 e. The van der Waals surface area contributed by atoms with Crippen LogP contribution in [0.1, 0.15) is 61.5 Å². The lowest BCUT2D eigenvalue weighted by atomic mass is 9.52. The Hall–Kier alpha value is -5.44. The van der Waals surface area contributed by atoms with Gasteiger partial charge in [-0.2, -0.15) is 0 Å². The van der Waals surface area contributed by atoms with E-state index < -0.39 is 10.8 Å². The van der Waals surface area contributed by atoms with Crippen molar-refractivity contribution in [3.8, 4) is 0 Å². The second-order valence-electron chi connectivity index (χ2n) is 13.2. The van der Waals surface area contributed by atoms with Crippen molar-refractivity contribution in [3.63, 3.8) is 0 Å². The molecule has 1 heterocycles. The van der Waals surface area contributed by atoms with Crippen LogP contribution >= 0.6 is 11.3 Å². The Bertz CT molecular complexity index is 1840. The van der Waals surface area contributed by atoms with Gasteiger partial charge in [0, 0.05) is 10.5 Å². The molecule has 0 amide bonds. The van der Waals surface area contributed by atoms with E-state index in [4.69, 9.17) is 0 Å². The first-order valence-corrected chi connectivity index (χ1v) is 18.4. The molecule has 8 rings (SSSR count). The predicted octanol–water partition coefficient (Wildman–Crippen LogP) is 12.0. The minimum atomic E-state index is -0.931. The van der Waals surface area contributed by atoms with Crippen LogP contribution in [0, 0.1) is 0 Å². The third kappa shape index (κ3) is 5.32. The summed E-state index contributed by atoms with van der Waals surface area (Å²) < 4.78 is 0. The molecule has 1 aromatic heterocycles. The summed E-state index contributed by atoms with van der Waals surface area (Å²) in [6, 6.07) is 67.1. The number of allylic oxidation sites excluding steroid dienone is 1. The SMILES string of the molecule is OC(=C(C(c1ccccc1)(c1ccccc1)c1ccccc1)C(c1ccccc1)(c1ccccc1)c1ccccc1)c1cc2c(s1)CCCC2. The molecular formula is C48H40OS. The number of rotatable bonds is 9. The first kappa shape index (κ1) is 31.8. The average molecular weight is 665 g/mol. The van der Waals surface area contributed by atoms with Crippen molar-refractivity contribution in [1.29, 1.82) is 0 Å². The number of thiophene rings is 1. The highest BCUT2D eigenvalue weighted by Gasteiger charge is 2.54. The molecule has 0 aliphatic heterocycles. The van der Waals surface area contributed by atoms with Gasteiger partial charge in [0.25, 0.3) is 0 Å². The second-order valence-corrected chi connectivity index (χ2v) is 14.3. The van der Waals surface area contributed by atoms with Gasteiger partial charge in [-0.1, -0.05) is 182 Å². The number of fused-ring (bicyclic) bond motifs is 1. The Morgan fingerprint density at radius 2 is 0.720 bits per heavy atom. The number of hydrogen-bond acceptors (Lipinski definition) is 2. The number of aliphatic hydroxyl groups is 1. The van der Waals surface area contributed by atoms with Crippen molar-refractivity contribution >= 4 is 17.1 Å². The van der Waals surface area contributed by atoms with Gasteiger partial charge < -0.3 is 5.11 Å². The van der Waals surface area contributed by atoms with Crippen molar-refractivity contribution in [3.05, 3.63) is 242 Å². The Morgan fingerprint density at radius 3 is 1.02 bits per heavy atom. The maximum absolute atomic E-state index is 13.7. The van der Waals surface area contributed by atoms with Crippen molar-refractivity contribution in [2.24, 2.45) is 0 Å². The molecule has 0 atom stereocenters. The molecule has 0 unspecified atom stereocenters. The Morgan fingerprint density at radius 1 is 0.420 bits per heavy atom. The van der Waals surface area contributed by atoms with Crippen LogP contribution in [0.15, 0.2) is 194 Å². The highest BCUT2D eigenvalue weighted by atomic mass is 32.1. The summed E-state index contributed by atoms with van der Waals surface area (Å²) in [4.78, 5) is 2.32. The molecule has 1 N–H and O–H groups in total. The fourth-order valence-electron chi connectivity index (χ4n) is 8.36. The van der Waals surface area contributed by atoms with Gasteiger partial charge in [0.2, 0.25) is 0 Å². The maximum atomic E-state index is 13.7. The van der Waals surface area contributed by atoms with Gasteiger partial charge in [-0.15, -0.1) is 11.3 Å². The molecule has 2 heteroatoms. The van der Waals surface area contributed by atoms with E-state index in [1.54, 1.807) is 11.3 Å². The molecule has 0 bridgehead atoms. The molecule has 244 valence electrons. The van der Waals surface area contributed by atoms with Crippen LogP contribution < -0.4 is 0 Å². The number of hydrogen-bond donors (Lipinski definition) is 1. The fraction of sp³-hybridized carbons (Fsp3) is 0.125. The molecule has 0 spiro atoms. The monoisotopic (exact) mass is 664 g/mol. The van der Waals surface area contributed by atoms with Crippen LogP contribution in [-0.4, -0.2) is 5.11 Å². The first-order valence-electron chi connectivity index (χ1n) is 17.6. The highest BCUT2D eigenvalue weighted by Crippen LogP contribution is 2.59. The van der Waals surface area contributed by atoms with Gasteiger partial charge in [0.1, 0.15) is 5.76 Å². The zero-order valence-corrected chi connectivity index (χ0v) is 28.9. The summed E-state index contributed by atoms with van der Waals surface area (Å²) in [7, 11) is 0. The molecule has 1 aliphatic rings. The van der Waals surface area contributed by atoms with Gasteiger partial charge in [-0.3, -0.25) is 0 Å². The van der Waals surface area contributed by atoms with Crippen LogP contribution in [0.4, 0.5) is 0 Å². The molecule has 0 saturated heterocycles. The molecular weight excluding hydrogens is 625 g/mol. The fourth-order valence-corrected chi connectivity index (χ4v) is 9.57. The summed E-state index contributed by atoms with van der Waals surface area (Å²) in [5, 5.41) is 13.7. The quantitative estimate of drug-likeness (QED) is 0.120. The topological polar surface area (TPSA) is 20.2 Å². The zero-order valence-electron chi connectivity index (χ0n) is 28.1. The predicted molar refractivity (Wildman–Crippen MR) is 209 cm³/mol. The van der Waals surface area contributed by atoms with Crippen LogP contribution in [0.5, 0.6) is 0 Å². The van der Waals surface area contributed by atoms with E-state index in [0.29, 0.717) is 5.76 Å². The third-order valence-corrected chi connectivity index (χ3v) is 11.7. The Kier molecular flexibility index (Phi) is 8.79. The summed E-state index contributed by atoms with van der Waals surface area (Å²) in [6.07, 6.45) is 4.49. The minimum absolute atomic E-state index is 0.331. The van der Waals surface area contributed by atoms with E-state index in [0.717, 1.165) is 56.7 Å². The normalized spacial score (nSPS) is 13.0. The standard InChI is InChI=1S/C48H40OS/c49-45(44-35-36-21-19-20-34-43(36)50-44)46(47(37-22-7-1-8-23-37,38-24-9-2-10-25-38)39-26-11-3-12-27-39)48(40-28-13-4-14-29-40,41-30-15-5-16-31-41)42-32-17-6-18-33-42/h1-18,22-33,35,49H,19-21,34H2. The van der Waals surface area contributed by atoms with E-state index in [1.807, 2.05) is 0 Å². The van der Waals surface area contributed by atoms with Crippen molar-refractivity contribution in [1.82, 2.24) is 0 Å². The molecule has 0 saturated carbocycles. The van der Waals surface area contributed by atoms with Crippen LogP contribution in [0.25, 0.3) is 5.76 Å². The lowest BCUT2D eigenvalue weighted by Gasteiger charge is -2.49. The van der Waals surface area contributed by atoms with Gasteiger partial charge in [0.15, 0.2) is 0 Å². The summed E-state index contributed by atoms with van der Waals surface area (Å²) in [5.41, 5.74) is 6.96. The van der Waals surface area contributed by atoms with Gasteiger partial charge in [0.05, 0.1) is 15.7 Å². The molecule has 7 aromatic rings. The van der Waals surface area contributed by atoms with Crippen molar-refractivity contribution in [2.75, 3.05) is 0 Å². The van der Waals surface area contributed by atoms with Gasteiger partial charge in [-0.25, -0.2) is 0 Å². The maximum Gasteiger partial charge on any atom is 0.135 e. The average Bonchev–Trinajstić information content (AvgIpc) is 3.65. The molecule has 0 radical (unpaired) electrons. The Balaban J connectivity index is 1.66. The smallest absolute Gasteiger partial charge is 0.135 e. The summed E-state index contributed by atoms with van der Waals surface area (Å²) in [6.45, 7) is 0. The molecule has 1 nitrogen and oxygen atoms in total. The van der Waals surface area contributed by atoms with E-state index >= 15 is 0 Å². The minimum Gasteiger partial charge on any atom is -0.506 e. The Labute approximate surface area is 299 Å². The van der Waals surface area contributed by atoms with E-state index in [-0.39, 0.29) is 0 Å². The summed E-state index contributed by atoms with van der Waals surface area (Å²) in [5.74, 6) is 0.331. The lowest BCUT2D eigenvalue weighted by Crippen LogP contribution is -2.45. The van der Waals surface area contributed by atoms with Gasteiger partial charge >= 0.3 is 0 Å². The zero-order chi connectivity index (χ0) is 33.8. The van der Waals surface area contributed by atoms with Crippen LogP contribution in [0.3, 0.4) is 0 Å². The van der Waals surface area contributed by atoms with E-state index in [1.165, 1.54) is 23.3 Å². The molecule has 0 fully saturated rings. The number of aryl methyl sites for hydroxylation is 2. The molecule has 6 aromatic carbocycles. The highest BCUT2D eigenvalue weighted by molar-refractivity contribution is 7.13. The van der Waals surface area contributed by atoms with E-state index in [2.05, 4.69) is 188 Å². The van der Waals surface area contributed by atoms with E-state index in [9.17, 15) is 5.11 Å². The summed E-state index contributed by atoms with van der Waals surface area (Å²) >= 11 is 1.77. The number of aliphatic hydroxyl groups excluding tert-OH is 1. The van der Waals surface area contributed by atoms with Crippen LogP contribution in [0.2, 0.25) is 0 Å². The van der Waals surface area contributed by atoms with Gasteiger partial charge in [-0.05, 0) is 70.7 Å². The van der Waals surface area contributed by atoms with Crippen LogP contribution in [-0.2, 0) is 23.7 Å². The van der Waals surface area contributed by atoms with Crippen molar-refractivity contribution < 1.29 is 5.11 Å². The van der Waals surface area contributed by atoms with Crippen molar-refractivity contribution in [2.45, 2.75) is 36.5 Å². The second kappa shape index (κ2) is 13.8.